The van der Waals surface area contributed by atoms with Crippen molar-refractivity contribution in [1.29, 1.82) is 0 Å². The molecule has 1 aliphatic rings. The largest absolute Gasteiger partial charge is 0.397 e. The normalized spacial score (nSPS) is 22.5. The Labute approximate surface area is 337 Å². The summed E-state index contributed by atoms with van der Waals surface area (Å²) in [6.45, 7) is 3.11. The average molecular weight is 818 g/mol. The van der Waals surface area contributed by atoms with Gasteiger partial charge in [-0.25, -0.2) is 4.18 Å². The molecule has 1 amide bonds. The summed E-state index contributed by atoms with van der Waals surface area (Å²) in [6.07, 6.45) is 26.6. The molecule has 14 heteroatoms. The number of hydrogen-bond acceptors (Lipinski definition) is 11. The molecule has 326 valence electrons. The third-order valence-corrected chi connectivity index (χ3v) is 10.2. The highest BCUT2D eigenvalue weighted by Gasteiger charge is 2.48. The van der Waals surface area contributed by atoms with E-state index in [1.165, 1.54) is 89.5 Å². The minimum Gasteiger partial charge on any atom is -0.394 e. The summed E-state index contributed by atoms with van der Waals surface area (Å²) in [5.74, 6) is -0.782. The molecule has 1 aliphatic heterocycles. The minimum atomic E-state index is -5.13. The number of rotatable bonds is 34. The lowest BCUT2D eigenvalue weighted by molar-refractivity contribution is -0.298. The molecule has 0 aromatic carbocycles. The molecule has 1 heterocycles. The molecule has 1 saturated heterocycles. The van der Waals surface area contributed by atoms with Gasteiger partial charge in [0.15, 0.2) is 6.29 Å². The Hall–Kier alpha value is -1.98. The first-order chi connectivity index (χ1) is 26.9. The van der Waals surface area contributed by atoms with E-state index in [1.54, 1.807) is 12.2 Å². The fourth-order valence-electron chi connectivity index (χ4n) is 6.28. The quantitative estimate of drug-likeness (QED) is 0.0217. The predicted octanol–water partition coefficient (Wildman–Crippen LogP) is 6.29. The van der Waals surface area contributed by atoms with Crippen LogP contribution in [0.2, 0.25) is 0 Å². The highest BCUT2D eigenvalue weighted by Crippen LogP contribution is 2.26. The molecule has 56 heavy (non-hydrogen) atoms. The van der Waals surface area contributed by atoms with E-state index >= 15 is 0 Å². The van der Waals surface area contributed by atoms with Gasteiger partial charge in [-0.1, -0.05) is 146 Å². The Morgan fingerprint density at radius 3 is 1.82 bits per heavy atom. The molecule has 7 N–H and O–H groups in total. The maximum Gasteiger partial charge on any atom is 0.397 e. The zero-order valence-electron chi connectivity index (χ0n) is 34.0. The first kappa shape index (κ1) is 52.0. The highest BCUT2D eigenvalue weighted by molar-refractivity contribution is 7.80. The van der Waals surface area contributed by atoms with E-state index in [0.717, 1.165) is 32.1 Å². The van der Waals surface area contributed by atoms with E-state index < -0.39 is 78.5 Å². The molecule has 0 aromatic rings. The summed E-state index contributed by atoms with van der Waals surface area (Å²) >= 11 is 0. The van der Waals surface area contributed by atoms with Gasteiger partial charge in [-0.15, -0.1) is 0 Å². The summed E-state index contributed by atoms with van der Waals surface area (Å²) in [5, 5.41) is 54.8. The second kappa shape index (κ2) is 32.9. The number of hydrogen-bond donors (Lipinski definition) is 7. The third-order valence-electron chi connectivity index (χ3n) is 9.70. The number of aliphatic hydroxyl groups excluding tert-OH is 5. The summed E-state index contributed by atoms with van der Waals surface area (Å²) in [5.41, 5.74) is 0. The number of amides is 1. The molecule has 0 aromatic heterocycles. The van der Waals surface area contributed by atoms with Crippen molar-refractivity contribution in [2.45, 2.75) is 198 Å². The van der Waals surface area contributed by atoms with Crippen LogP contribution in [0.4, 0.5) is 0 Å². The standard InChI is InChI=1S/C42H75NO12S/c1-3-5-7-9-11-13-15-17-18-19-21-22-24-26-28-30-35(45)34(33-53-42-39(48)40(55-56(50,51)52)38(47)37(32-44)54-42)43-41(49)36(46)31-29-27-25-23-20-16-14-12-10-8-6-4-2/h20-23,27-30,34-40,42,44-48H,3-19,24-26,31-33H2,1-2H3,(H,43,49)(H,50,51,52)/b22-21+,23-20-,29-27-,30-28+. The van der Waals surface area contributed by atoms with Gasteiger partial charge in [0, 0.05) is 6.42 Å². The van der Waals surface area contributed by atoms with Crippen LogP contribution in [0.3, 0.4) is 0 Å². The summed E-state index contributed by atoms with van der Waals surface area (Å²) in [4.78, 5) is 13.0. The Morgan fingerprint density at radius 2 is 1.25 bits per heavy atom. The van der Waals surface area contributed by atoms with Gasteiger partial charge in [-0.3, -0.25) is 9.35 Å². The minimum absolute atomic E-state index is 0.0250. The summed E-state index contributed by atoms with van der Waals surface area (Å²) < 4.78 is 47.3. The van der Waals surface area contributed by atoms with Gasteiger partial charge in [-0.05, 0) is 44.9 Å². The van der Waals surface area contributed by atoms with Gasteiger partial charge >= 0.3 is 10.4 Å². The second-order valence-electron chi connectivity index (χ2n) is 14.7. The number of carbonyl (C=O) groups is 1. The topological polar surface area (TPSA) is 212 Å². The molecule has 13 nitrogen and oxygen atoms in total. The first-order valence-electron chi connectivity index (χ1n) is 21.1. The maximum atomic E-state index is 13.0. The lowest BCUT2D eigenvalue weighted by Crippen LogP contribution is -2.61. The monoisotopic (exact) mass is 818 g/mol. The van der Waals surface area contributed by atoms with E-state index in [-0.39, 0.29) is 6.42 Å². The molecule has 0 aliphatic carbocycles. The van der Waals surface area contributed by atoms with E-state index in [0.29, 0.717) is 12.8 Å². The van der Waals surface area contributed by atoms with Gasteiger partial charge in [-0.2, -0.15) is 8.42 Å². The van der Waals surface area contributed by atoms with Gasteiger partial charge in [0.2, 0.25) is 5.91 Å². The van der Waals surface area contributed by atoms with Crippen molar-refractivity contribution in [3.8, 4) is 0 Å². The number of nitrogens with one attached hydrogen (secondary N) is 1. The Kier molecular flexibility index (Phi) is 30.6. The zero-order chi connectivity index (χ0) is 41.4. The molecular weight excluding hydrogens is 743 g/mol. The second-order valence-corrected chi connectivity index (χ2v) is 15.8. The molecular formula is C42H75NO12S. The van der Waals surface area contributed by atoms with E-state index in [2.05, 4.69) is 41.6 Å². The summed E-state index contributed by atoms with van der Waals surface area (Å²) in [6, 6.07) is -1.17. The van der Waals surface area contributed by atoms with Gasteiger partial charge < -0.3 is 40.3 Å². The average Bonchev–Trinajstić information content (AvgIpc) is 3.16. The molecule has 0 bridgehead atoms. The molecule has 0 radical (unpaired) electrons. The zero-order valence-corrected chi connectivity index (χ0v) is 34.9. The van der Waals surface area contributed by atoms with Crippen molar-refractivity contribution >= 4 is 16.3 Å². The van der Waals surface area contributed by atoms with Crippen LogP contribution in [-0.2, 0) is 28.9 Å². The molecule has 1 fully saturated rings. The SMILES string of the molecule is CCCCCCCC/C=C\C/C=C\CC(O)C(=O)NC(COC1OC(CO)C(O)C(OS(=O)(=O)O)C1O)C(O)/C=C/CC/C=C/CCCCCCCCCCC. The van der Waals surface area contributed by atoms with Gasteiger partial charge in [0.25, 0.3) is 0 Å². The Balaban J connectivity index is 2.74. The van der Waals surface area contributed by atoms with Crippen molar-refractivity contribution in [2.24, 2.45) is 0 Å². The number of ether oxygens (including phenoxy) is 2. The van der Waals surface area contributed by atoms with Gasteiger partial charge in [0.1, 0.15) is 30.5 Å². The lowest BCUT2D eigenvalue weighted by Gasteiger charge is -2.41. The van der Waals surface area contributed by atoms with Crippen molar-refractivity contribution in [2.75, 3.05) is 13.2 Å². The number of unbranched alkanes of at least 4 members (excludes halogenated alkanes) is 16. The van der Waals surface area contributed by atoms with Crippen LogP contribution in [0.25, 0.3) is 0 Å². The van der Waals surface area contributed by atoms with Gasteiger partial charge in [0.05, 0.1) is 25.4 Å². The summed E-state index contributed by atoms with van der Waals surface area (Å²) in [7, 11) is -5.13. The molecule has 1 rings (SSSR count). The van der Waals surface area contributed by atoms with E-state index in [1.807, 2.05) is 12.2 Å². The first-order valence-corrected chi connectivity index (χ1v) is 22.5. The highest BCUT2D eigenvalue weighted by atomic mass is 32.3. The molecule has 8 atom stereocenters. The fraction of sp³-hybridized carbons (Fsp3) is 0.786. The molecule has 0 saturated carbocycles. The predicted molar refractivity (Wildman–Crippen MR) is 219 cm³/mol. The van der Waals surface area contributed by atoms with Crippen LogP contribution in [0.5, 0.6) is 0 Å². The van der Waals surface area contributed by atoms with Crippen molar-refractivity contribution < 1.29 is 57.0 Å². The molecule has 8 unspecified atom stereocenters. The van der Waals surface area contributed by atoms with Crippen LogP contribution >= 0.6 is 0 Å². The van der Waals surface area contributed by atoms with E-state index in [9.17, 15) is 38.7 Å². The lowest BCUT2D eigenvalue weighted by atomic mass is 9.99. The van der Waals surface area contributed by atoms with Crippen molar-refractivity contribution in [3.63, 3.8) is 0 Å². The number of allylic oxidation sites excluding steroid dienone is 6. The maximum absolute atomic E-state index is 13.0. The van der Waals surface area contributed by atoms with Crippen molar-refractivity contribution in [1.82, 2.24) is 5.32 Å². The van der Waals surface area contributed by atoms with E-state index in [4.69, 9.17) is 14.0 Å². The number of carbonyl (C=O) groups excluding carboxylic acids is 1. The van der Waals surface area contributed by atoms with Crippen LogP contribution in [0.15, 0.2) is 48.6 Å². The van der Waals surface area contributed by atoms with Crippen LogP contribution < -0.4 is 5.32 Å². The van der Waals surface area contributed by atoms with Crippen LogP contribution in [-0.4, -0.2) is 107 Å². The Bertz CT molecular complexity index is 1210. The van der Waals surface area contributed by atoms with Crippen LogP contribution in [0, 0.1) is 0 Å². The van der Waals surface area contributed by atoms with Crippen molar-refractivity contribution in [3.05, 3.63) is 48.6 Å². The molecule has 0 spiro atoms. The van der Waals surface area contributed by atoms with Crippen LogP contribution in [0.1, 0.15) is 149 Å². The smallest absolute Gasteiger partial charge is 0.394 e. The fourth-order valence-corrected chi connectivity index (χ4v) is 6.79. The third kappa shape index (κ3) is 25.4. The Morgan fingerprint density at radius 1 is 0.732 bits per heavy atom. The number of aliphatic hydroxyl groups is 5.